The summed E-state index contributed by atoms with van der Waals surface area (Å²) in [6.07, 6.45) is 0.852. The van der Waals surface area contributed by atoms with Crippen molar-refractivity contribution in [3.05, 3.63) is 0 Å². The highest BCUT2D eigenvalue weighted by Crippen LogP contribution is 2.10. The monoisotopic (exact) mass is 314 g/mol. The molecule has 2 fully saturated rings. The highest BCUT2D eigenvalue weighted by molar-refractivity contribution is 5.73. The highest BCUT2D eigenvalue weighted by atomic mass is 16.5. The Bertz CT molecular complexity index is 317. The molecule has 128 valence electrons. The van der Waals surface area contributed by atoms with Crippen LogP contribution in [-0.2, 0) is 9.47 Å². The minimum Gasteiger partial charge on any atom is -0.373 e. The molecule has 0 spiro atoms. The van der Waals surface area contributed by atoms with Gasteiger partial charge in [-0.3, -0.25) is 9.80 Å². The van der Waals surface area contributed by atoms with Crippen molar-refractivity contribution in [2.75, 3.05) is 39.5 Å². The lowest BCUT2D eigenvalue weighted by atomic mass is 10.2. The van der Waals surface area contributed by atoms with Gasteiger partial charge in [0.2, 0.25) is 0 Å². The number of hydrogen-bond acceptors (Lipinski definition) is 5. The van der Waals surface area contributed by atoms with Crippen molar-refractivity contribution in [1.82, 2.24) is 20.4 Å². The number of carbonyl (C=O) groups excluding carboxylic acids is 1. The zero-order valence-electron chi connectivity index (χ0n) is 14.2. The topological polar surface area (TPSA) is 66.1 Å². The van der Waals surface area contributed by atoms with Crippen LogP contribution in [0.15, 0.2) is 0 Å². The fourth-order valence-corrected chi connectivity index (χ4v) is 3.26. The quantitative estimate of drug-likeness (QED) is 0.787. The van der Waals surface area contributed by atoms with Gasteiger partial charge in [-0.1, -0.05) is 0 Å². The van der Waals surface area contributed by atoms with Crippen LogP contribution >= 0.6 is 0 Å². The molecule has 0 aromatic rings. The van der Waals surface area contributed by atoms with Crippen LogP contribution in [0.2, 0.25) is 0 Å². The maximum atomic E-state index is 11.9. The van der Waals surface area contributed by atoms with E-state index in [-0.39, 0.29) is 30.4 Å². The number of rotatable bonds is 4. The minimum absolute atomic E-state index is 0.126. The molecule has 2 aliphatic heterocycles. The summed E-state index contributed by atoms with van der Waals surface area (Å²) < 4.78 is 11.4. The standard InChI is InChI=1S/C15H30N4O3/c1-11-5-18(6-12(2)21-11)9-16-15(20)17-10-19-7-13(3)22-14(4)8-19/h11-14H,5-10H2,1-4H3,(H2,16,17,20)/t11-,12-,13-,14+/m1/s1. The molecule has 2 heterocycles. The summed E-state index contributed by atoms with van der Waals surface area (Å²) in [5.74, 6) is 0. The summed E-state index contributed by atoms with van der Waals surface area (Å²) in [4.78, 5) is 16.3. The van der Waals surface area contributed by atoms with E-state index >= 15 is 0 Å². The van der Waals surface area contributed by atoms with E-state index in [9.17, 15) is 4.79 Å². The highest BCUT2D eigenvalue weighted by Gasteiger charge is 2.23. The first-order valence-corrected chi connectivity index (χ1v) is 8.19. The van der Waals surface area contributed by atoms with Crippen LogP contribution in [0.1, 0.15) is 27.7 Å². The molecule has 0 saturated carbocycles. The lowest BCUT2D eigenvalue weighted by Gasteiger charge is -2.36. The second kappa shape index (κ2) is 8.10. The number of nitrogens with one attached hydrogen (secondary N) is 2. The predicted octanol–water partition coefficient (Wildman–Crippen LogP) is 0.419. The molecular weight excluding hydrogens is 284 g/mol. The number of urea groups is 1. The van der Waals surface area contributed by atoms with Gasteiger partial charge < -0.3 is 20.1 Å². The molecule has 0 unspecified atom stereocenters. The molecular formula is C15H30N4O3. The van der Waals surface area contributed by atoms with Crippen molar-refractivity contribution in [2.24, 2.45) is 0 Å². The first kappa shape index (κ1) is 17.5. The molecule has 4 atom stereocenters. The fraction of sp³-hybridized carbons (Fsp3) is 0.933. The van der Waals surface area contributed by atoms with Gasteiger partial charge in [-0.2, -0.15) is 0 Å². The number of amides is 2. The average molecular weight is 314 g/mol. The van der Waals surface area contributed by atoms with Crippen molar-refractivity contribution in [3.8, 4) is 0 Å². The van der Waals surface area contributed by atoms with E-state index in [0.717, 1.165) is 26.2 Å². The van der Waals surface area contributed by atoms with Crippen LogP contribution in [-0.4, -0.2) is 79.8 Å². The average Bonchev–Trinajstić information content (AvgIpc) is 2.41. The fourth-order valence-electron chi connectivity index (χ4n) is 3.26. The molecule has 7 nitrogen and oxygen atoms in total. The predicted molar refractivity (Wildman–Crippen MR) is 84.6 cm³/mol. The van der Waals surface area contributed by atoms with Gasteiger partial charge in [-0.15, -0.1) is 0 Å². The molecule has 0 aromatic carbocycles. The Morgan fingerprint density at radius 3 is 1.45 bits per heavy atom. The van der Waals surface area contributed by atoms with Crippen molar-refractivity contribution >= 4 is 6.03 Å². The molecule has 0 aliphatic carbocycles. The van der Waals surface area contributed by atoms with Gasteiger partial charge >= 0.3 is 6.03 Å². The van der Waals surface area contributed by atoms with E-state index in [0.29, 0.717) is 13.3 Å². The van der Waals surface area contributed by atoms with Gasteiger partial charge in [0, 0.05) is 26.2 Å². The Balaban J connectivity index is 1.63. The third-order valence-corrected chi connectivity index (χ3v) is 3.92. The van der Waals surface area contributed by atoms with Crippen molar-refractivity contribution < 1.29 is 14.3 Å². The zero-order valence-corrected chi connectivity index (χ0v) is 14.2. The lowest BCUT2D eigenvalue weighted by Crippen LogP contribution is -2.53. The van der Waals surface area contributed by atoms with E-state index in [1.165, 1.54) is 0 Å². The molecule has 2 rings (SSSR count). The Morgan fingerprint density at radius 1 is 0.818 bits per heavy atom. The molecule has 2 saturated heterocycles. The molecule has 22 heavy (non-hydrogen) atoms. The summed E-state index contributed by atoms with van der Waals surface area (Å²) in [7, 11) is 0. The second-order valence-corrected chi connectivity index (χ2v) is 6.59. The van der Waals surface area contributed by atoms with Crippen LogP contribution in [0, 0.1) is 0 Å². The summed E-state index contributed by atoms with van der Waals surface area (Å²) >= 11 is 0. The van der Waals surface area contributed by atoms with Crippen LogP contribution in [0.4, 0.5) is 4.79 Å². The molecule has 2 aliphatic rings. The molecule has 0 radical (unpaired) electrons. The Labute approximate surface area is 133 Å². The molecule has 0 bridgehead atoms. The van der Waals surface area contributed by atoms with Crippen molar-refractivity contribution in [2.45, 2.75) is 52.1 Å². The van der Waals surface area contributed by atoms with Crippen molar-refractivity contribution in [3.63, 3.8) is 0 Å². The summed E-state index contributed by atoms with van der Waals surface area (Å²) in [5.41, 5.74) is 0. The smallest absolute Gasteiger partial charge is 0.316 e. The van der Waals surface area contributed by atoms with Crippen LogP contribution in [0.3, 0.4) is 0 Å². The molecule has 2 amide bonds. The number of nitrogens with zero attached hydrogens (tertiary/aromatic N) is 2. The molecule has 0 aromatic heterocycles. The molecule has 7 heteroatoms. The third-order valence-electron chi connectivity index (χ3n) is 3.92. The number of morpholine rings is 2. The number of hydrogen-bond donors (Lipinski definition) is 2. The summed E-state index contributed by atoms with van der Waals surface area (Å²) in [6.45, 7) is 12.7. The normalized spacial score (nSPS) is 34.4. The van der Waals surface area contributed by atoms with E-state index in [1.54, 1.807) is 0 Å². The Hall–Kier alpha value is -0.890. The lowest BCUT2D eigenvalue weighted by molar-refractivity contribution is -0.0702. The van der Waals surface area contributed by atoms with Crippen molar-refractivity contribution in [1.29, 1.82) is 0 Å². The summed E-state index contributed by atoms with van der Waals surface area (Å²) in [6, 6.07) is -0.126. The van der Waals surface area contributed by atoms with E-state index < -0.39 is 0 Å². The second-order valence-electron chi connectivity index (χ2n) is 6.59. The van der Waals surface area contributed by atoms with E-state index in [2.05, 4.69) is 48.1 Å². The number of ether oxygens (including phenoxy) is 2. The van der Waals surface area contributed by atoms with Gasteiger partial charge in [0.1, 0.15) is 0 Å². The van der Waals surface area contributed by atoms with E-state index in [4.69, 9.17) is 9.47 Å². The van der Waals surface area contributed by atoms with Gasteiger partial charge in [0.15, 0.2) is 0 Å². The summed E-state index contributed by atoms with van der Waals surface area (Å²) in [5, 5.41) is 5.84. The largest absolute Gasteiger partial charge is 0.373 e. The Kier molecular flexibility index (Phi) is 6.43. The zero-order chi connectivity index (χ0) is 16.1. The van der Waals surface area contributed by atoms with E-state index in [1.807, 2.05) is 0 Å². The number of carbonyl (C=O) groups is 1. The maximum Gasteiger partial charge on any atom is 0.316 e. The van der Waals surface area contributed by atoms with Gasteiger partial charge in [-0.25, -0.2) is 4.79 Å². The Morgan fingerprint density at radius 2 is 1.14 bits per heavy atom. The first-order valence-electron chi connectivity index (χ1n) is 8.19. The van der Waals surface area contributed by atoms with Gasteiger partial charge in [0.05, 0.1) is 37.8 Å². The van der Waals surface area contributed by atoms with Crippen LogP contribution in [0.25, 0.3) is 0 Å². The van der Waals surface area contributed by atoms with Gasteiger partial charge in [-0.05, 0) is 27.7 Å². The van der Waals surface area contributed by atoms with Gasteiger partial charge in [0.25, 0.3) is 0 Å². The van der Waals surface area contributed by atoms with Crippen LogP contribution < -0.4 is 10.6 Å². The SMILES string of the molecule is C[C@@H]1CN(CNC(=O)NCN2C[C@@H](C)O[C@@H](C)C2)C[C@@H](C)O1. The minimum atomic E-state index is -0.126. The first-order chi connectivity index (χ1) is 10.4. The van der Waals surface area contributed by atoms with Crippen LogP contribution in [0.5, 0.6) is 0 Å². The molecule has 2 N–H and O–H groups in total. The maximum absolute atomic E-state index is 11.9. The third kappa shape index (κ3) is 5.72.